The predicted octanol–water partition coefficient (Wildman–Crippen LogP) is 4.25. The van der Waals surface area contributed by atoms with Crippen LogP contribution in [-0.4, -0.2) is 16.4 Å². The highest BCUT2D eigenvalue weighted by atomic mass is 35.5. The van der Waals surface area contributed by atoms with E-state index in [-0.39, 0.29) is 6.61 Å². The van der Waals surface area contributed by atoms with Gasteiger partial charge in [-0.3, -0.25) is 0 Å². The van der Waals surface area contributed by atoms with Crippen molar-refractivity contribution >= 4 is 17.8 Å². The second-order valence-corrected chi connectivity index (χ2v) is 5.36. The Kier molecular flexibility index (Phi) is 4.68. The van der Waals surface area contributed by atoms with Gasteiger partial charge in [-0.15, -0.1) is 10.2 Å². The molecule has 0 unspecified atom stereocenters. The number of halogens is 1. The Bertz CT molecular complexity index is 795. The summed E-state index contributed by atoms with van der Waals surface area (Å²) in [6.45, 7) is 2.15. The van der Waals surface area contributed by atoms with Crippen molar-refractivity contribution in [2.75, 3.05) is 0 Å². The van der Waals surface area contributed by atoms with Crippen LogP contribution in [0.1, 0.15) is 17.0 Å². The van der Waals surface area contributed by atoms with Crippen molar-refractivity contribution in [3.05, 3.63) is 70.6 Å². The van der Waals surface area contributed by atoms with Gasteiger partial charge in [0.25, 0.3) is 5.89 Å². The summed E-state index contributed by atoms with van der Waals surface area (Å²) >= 11 is 5.85. The average Bonchev–Trinajstić information content (AvgIpc) is 3.03. The lowest BCUT2D eigenvalue weighted by atomic mass is 10.2. The van der Waals surface area contributed by atoms with Crippen LogP contribution in [0.3, 0.4) is 0 Å². The molecule has 0 aliphatic rings. The molecule has 1 aromatic heterocycles. The molecule has 6 heteroatoms. The van der Waals surface area contributed by atoms with Gasteiger partial charge in [-0.25, -0.2) is 0 Å². The van der Waals surface area contributed by atoms with Gasteiger partial charge in [0.15, 0.2) is 6.61 Å². The fourth-order valence-electron chi connectivity index (χ4n) is 1.86. The molecule has 0 bridgehead atoms. The minimum Gasteiger partial charge on any atom is -0.417 e. The largest absolute Gasteiger partial charge is 0.417 e. The average molecular weight is 328 g/mol. The summed E-state index contributed by atoms with van der Waals surface area (Å²) in [5.41, 5.74) is 2.96. The van der Waals surface area contributed by atoms with E-state index in [9.17, 15) is 0 Å². The van der Waals surface area contributed by atoms with Crippen molar-refractivity contribution in [3.63, 3.8) is 0 Å². The lowest BCUT2D eigenvalue weighted by Gasteiger charge is -1.96. The summed E-state index contributed by atoms with van der Waals surface area (Å²) < 4.78 is 5.51. The first-order valence-corrected chi connectivity index (χ1v) is 7.39. The van der Waals surface area contributed by atoms with Crippen LogP contribution in [0, 0.1) is 6.92 Å². The third kappa shape index (κ3) is 4.17. The quantitative estimate of drug-likeness (QED) is 0.519. The van der Waals surface area contributed by atoms with E-state index in [1.165, 1.54) is 5.56 Å². The molecule has 0 saturated heterocycles. The smallest absolute Gasteiger partial charge is 0.257 e. The second kappa shape index (κ2) is 7.07. The molecule has 5 nitrogen and oxygen atoms in total. The molecule has 3 rings (SSSR count). The highest BCUT2D eigenvalue weighted by Gasteiger charge is 2.08. The number of aromatic nitrogens is 2. The molecule has 23 heavy (non-hydrogen) atoms. The first-order valence-electron chi connectivity index (χ1n) is 7.01. The SMILES string of the molecule is Cc1ccc(/C=N\OCc2nnc(-c3ccc(Cl)cc3)o2)cc1. The molecule has 0 N–H and O–H groups in total. The number of oxime groups is 1. The van der Waals surface area contributed by atoms with E-state index in [1.54, 1.807) is 18.3 Å². The van der Waals surface area contributed by atoms with Crippen molar-refractivity contribution in [2.45, 2.75) is 13.5 Å². The molecule has 0 fully saturated rings. The Hall–Kier alpha value is -2.66. The molecule has 0 saturated carbocycles. The summed E-state index contributed by atoms with van der Waals surface area (Å²) in [6.07, 6.45) is 1.63. The molecule has 0 spiro atoms. The number of hydrogen-bond donors (Lipinski definition) is 0. The zero-order valence-corrected chi connectivity index (χ0v) is 13.2. The number of hydrogen-bond acceptors (Lipinski definition) is 5. The molecular formula is C17H14ClN3O2. The zero-order chi connectivity index (χ0) is 16.1. The maximum atomic E-state index is 5.85. The Morgan fingerprint density at radius 2 is 1.83 bits per heavy atom. The van der Waals surface area contributed by atoms with E-state index in [0.29, 0.717) is 16.8 Å². The third-order valence-corrected chi connectivity index (χ3v) is 3.35. The Morgan fingerprint density at radius 1 is 1.09 bits per heavy atom. The highest BCUT2D eigenvalue weighted by molar-refractivity contribution is 6.30. The molecular weight excluding hydrogens is 314 g/mol. The van der Waals surface area contributed by atoms with E-state index in [2.05, 4.69) is 15.4 Å². The maximum Gasteiger partial charge on any atom is 0.257 e. The van der Waals surface area contributed by atoms with Gasteiger partial charge in [0.2, 0.25) is 5.89 Å². The topological polar surface area (TPSA) is 60.5 Å². The summed E-state index contributed by atoms with van der Waals surface area (Å²) in [5.74, 6) is 0.777. The van der Waals surface area contributed by atoms with Crippen molar-refractivity contribution in [1.29, 1.82) is 0 Å². The third-order valence-electron chi connectivity index (χ3n) is 3.10. The van der Waals surface area contributed by atoms with E-state index in [1.807, 2.05) is 43.3 Å². The standard InChI is InChI=1S/C17H14ClN3O2/c1-12-2-4-13(5-3-12)10-19-22-11-16-20-21-17(23-16)14-6-8-15(18)9-7-14/h2-10H,11H2,1H3/b19-10-. The van der Waals surface area contributed by atoms with Crippen LogP contribution in [0.2, 0.25) is 5.02 Å². The zero-order valence-electron chi connectivity index (χ0n) is 12.4. The lowest BCUT2D eigenvalue weighted by Crippen LogP contribution is -1.88. The lowest BCUT2D eigenvalue weighted by molar-refractivity contribution is 0.112. The van der Waals surface area contributed by atoms with E-state index < -0.39 is 0 Å². The summed E-state index contributed by atoms with van der Waals surface area (Å²) in [7, 11) is 0. The van der Waals surface area contributed by atoms with Gasteiger partial charge >= 0.3 is 0 Å². The summed E-state index contributed by atoms with van der Waals surface area (Å²) in [6, 6.07) is 15.1. The van der Waals surface area contributed by atoms with Gasteiger partial charge in [-0.2, -0.15) is 0 Å². The maximum absolute atomic E-state index is 5.85. The van der Waals surface area contributed by atoms with Crippen molar-refractivity contribution in [1.82, 2.24) is 10.2 Å². The van der Waals surface area contributed by atoms with Gasteiger partial charge in [-0.05, 0) is 36.8 Å². The van der Waals surface area contributed by atoms with Crippen LogP contribution in [-0.2, 0) is 11.4 Å². The molecule has 0 amide bonds. The molecule has 0 atom stereocenters. The van der Waals surface area contributed by atoms with Crippen LogP contribution in [0.5, 0.6) is 0 Å². The number of rotatable bonds is 5. The summed E-state index contributed by atoms with van der Waals surface area (Å²) in [5, 5.41) is 12.4. The van der Waals surface area contributed by atoms with Gasteiger partial charge < -0.3 is 9.25 Å². The molecule has 3 aromatic rings. The van der Waals surface area contributed by atoms with Crippen molar-refractivity contribution in [3.8, 4) is 11.5 Å². The number of nitrogens with zero attached hydrogens (tertiary/aromatic N) is 3. The van der Waals surface area contributed by atoms with Crippen LogP contribution in [0.25, 0.3) is 11.5 Å². The predicted molar refractivity (Wildman–Crippen MR) is 88.3 cm³/mol. The Balaban J connectivity index is 1.57. The van der Waals surface area contributed by atoms with Crippen LogP contribution < -0.4 is 0 Å². The molecule has 116 valence electrons. The second-order valence-electron chi connectivity index (χ2n) is 4.93. The van der Waals surface area contributed by atoms with Crippen LogP contribution in [0.4, 0.5) is 0 Å². The molecule has 1 heterocycles. The van der Waals surface area contributed by atoms with Gasteiger partial charge in [0.05, 0.1) is 6.21 Å². The Morgan fingerprint density at radius 3 is 2.57 bits per heavy atom. The van der Waals surface area contributed by atoms with E-state index in [0.717, 1.165) is 11.1 Å². The molecule has 2 aromatic carbocycles. The van der Waals surface area contributed by atoms with E-state index >= 15 is 0 Å². The van der Waals surface area contributed by atoms with Gasteiger partial charge in [0, 0.05) is 10.6 Å². The fraction of sp³-hybridized carbons (Fsp3) is 0.118. The van der Waals surface area contributed by atoms with Gasteiger partial charge in [0.1, 0.15) is 0 Å². The fourth-order valence-corrected chi connectivity index (χ4v) is 1.99. The first-order chi connectivity index (χ1) is 11.2. The number of aryl methyl sites for hydroxylation is 1. The Labute approximate surface area is 138 Å². The van der Waals surface area contributed by atoms with Crippen LogP contribution in [0.15, 0.2) is 58.1 Å². The monoisotopic (exact) mass is 327 g/mol. The van der Waals surface area contributed by atoms with E-state index in [4.69, 9.17) is 20.9 Å². The minimum atomic E-state index is 0.114. The minimum absolute atomic E-state index is 0.114. The summed E-state index contributed by atoms with van der Waals surface area (Å²) in [4.78, 5) is 5.17. The first kappa shape index (κ1) is 15.2. The normalized spacial score (nSPS) is 11.0. The molecule has 0 aliphatic carbocycles. The van der Waals surface area contributed by atoms with Crippen molar-refractivity contribution in [2.24, 2.45) is 5.16 Å². The van der Waals surface area contributed by atoms with Gasteiger partial charge in [-0.1, -0.05) is 46.6 Å². The molecule has 0 aliphatic heterocycles. The van der Waals surface area contributed by atoms with Crippen LogP contribution >= 0.6 is 11.6 Å². The number of benzene rings is 2. The molecule has 0 radical (unpaired) electrons. The van der Waals surface area contributed by atoms with Crippen molar-refractivity contribution < 1.29 is 9.25 Å². The highest BCUT2D eigenvalue weighted by Crippen LogP contribution is 2.20.